The molecule has 1 rings (SSSR count). The van der Waals surface area contributed by atoms with E-state index in [-0.39, 0.29) is 4.83 Å². The number of hydrogen-bond donors (Lipinski definition) is 0. The number of rotatable bonds is 3. The monoisotopic (exact) mass is 298 g/mol. The van der Waals surface area contributed by atoms with Crippen LogP contribution >= 0.6 is 15.9 Å². The summed E-state index contributed by atoms with van der Waals surface area (Å²) in [4.78, 5) is 0.229. The third-order valence-electron chi connectivity index (χ3n) is 2.17. The van der Waals surface area contributed by atoms with Gasteiger partial charge in [0.25, 0.3) is 0 Å². The highest BCUT2D eigenvalue weighted by atomic mass is 79.9. The number of hydrogen-bond acceptors (Lipinski definition) is 0. The predicted molar refractivity (Wildman–Crippen MR) is 58.1 cm³/mol. The minimum Gasteiger partial charge on any atom is -0.206 e. The fraction of sp³-hybridized carbons (Fsp3) is 0.455. The quantitative estimate of drug-likeness (QED) is 0.567. The molecule has 0 aliphatic rings. The molecule has 0 bridgehead atoms. The maximum atomic E-state index is 12.9. The molecule has 0 radical (unpaired) electrons. The van der Waals surface area contributed by atoms with Gasteiger partial charge in [0.2, 0.25) is 0 Å². The molecule has 0 saturated heterocycles. The molecule has 0 N–H and O–H groups in total. The smallest absolute Gasteiger partial charge is 0.206 e. The minimum atomic E-state index is -4.62. The fourth-order valence-electron chi connectivity index (χ4n) is 1.31. The van der Waals surface area contributed by atoms with Gasteiger partial charge in [0.15, 0.2) is 0 Å². The van der Waals surface area contributed by atoms with Crippen molar-refractivity contribution >= 4 is 15.9 Å². The molecule has 0 nitrogen and oxygen atoms in total. The van der Waals surface area contributed by atoms with Crippen LogP contribution in [-0.2, 0) is 12.6 Å². The summed E-state index contributed by atoms with van der Waals surface area (Å²) in [6.07, 6.45) is -3.42. The van der Waals surface area contributed by atoms with Crippen LogP contribution in [0.25, 0.3) is 0 Å². The maximum Gasteiger partial charge on any atom is 0.419 e. The molecule has 1 atom stereocenters. The predicted octanol–water partition coefficient (Wildman–Crippen LogP) is 4.56. The topological polar surface area (TPSA) is 0 Å². The zero-order valence-electron chi connectivity index (χ0n) is 8.61. The summed E-state index contributed by atoms with van der Waals surface area (Å²) in [5, 5.41) is 0. The SMILES string of the molecule is CC(Br)CCc1ccc(F)c(C(F)(F)F)c1. The first kappa shape index (κ1) is 13.5. The second-order valence-corrected chi connectivity index (χ2v) is 5.19. The lowest BCUT2D eigenvalue weighted by atomic mass is 10.0. The summed E-state index contributed by atoms with van der Waals surface area (Å²) in [7, 11) is 0. The lowest BCUT2D eigenvalue weighted by Crippen LogP contribution is -2.09. The molecule has 16 heavy (non-hydrogen) atoms. The largest absolute Gasteiger partial charge is 0.419 e. The molecule has 0 amide bonds. The minimum absolute atomic E-state index is 0.229. The van der Waals surface area contributed by atoms with Crippen LogP contribution in [0.1, 0.15) is 24.5 Å². The van der Waals surface area contributed by atoms with E-state index in [4.69, 9.17) is 0 Å². The average molecular weight is 299 g/mol. The Hall–Kier alpha value is -0.580. The van der Waals surface area contributed by atoms with Crippen molar-refractivity contribution in [3.05, 3.63) is 35.1 Å². The highest BCUT2D eigenvalue weighted by Gasteiger charge is 2.34. The molecular weight excluding hydrogens is 288 g/mol. The molecule has 0 aliphatic carbocycles. The highest BCUT2D eigenvalue weighted by molar-refractivity contribution is 9.09. The molecule has 0 fully saturated rings. The first-order valence-corrected chi connectivity index (χ1v) is 5.72. The summed E-state index contributed by atoms with van der Waals surface area (Å²) in [6.45, 7) is 1.91. The maximum absolute atomic E-state index is 12.9. The van der Waals surface area contributed by atoms with Crippen molar-refractivity contribution in [3.63, 3.8) is 0 Å². The van der Waals surface area contributed by atoms with Crippen LogP contribution in [0.3, 0.4) is 0 Å². The Kier molecular flexibility index (Phi) is 4.35. The second kappa shape index (κ2) is 5.17. The first-order valence-electron chi connectivity index (χ1n) is 4.80. The second-order valence-electron chi connectivity index (χ2n) is 3.63. The number of benzene rings is 1. The van der Waals surface area contributed by atoms with Gasteiger partial charge in [-0.25, -0.2) is 4.39 Å². The molecule has 1 aromatic carbocycles. The van der Waals surface area contributed by atoms with Crippen molar-refractivity contribution < 1.29 is 17.6 Å². The molecule has 0 aromatic heterocycles. The molecule has 1 aromatic rings. The van der Waals surface area contributed by atoms with Gasteiger partial charge < -0.3 is 0 Å². The number of aryl methyl sites for hydroxylation is 1. The normalized spacial score (nSPS) is 13.9. The van der Waals surface area contributed by atoms with Gasteiger partial charge in [-0.15, -0.1) is 0 Å². The van der Waals surface area contributed by atoms with E-state index in [0.717, 1.165) is 12.1 Å². The van der Waals surface area contributed by atoms with Gasteiger partial charge >= 0.3 is 6.18 Å². The lowest BCUT2D eigenvalue weighted by molar-refractivity contribution is -0.140. The molecule has 0 spiro atoms. The summed E-state index contributed by atoms with van der Waals surface area (Å²) in [5.41, 5.74) is -0.688. The van der Waals surface area contributed by atoms with E-state index in [0.29, 0.717) is 18.4 Å². The van der Waals surface area contributed by atoms with Crippen molar-refractivity contribution in [2.45, 2.75) is 30.8 Å². The average Bonchev–Trinajstić information content (AvgIpc) is 2.14. The van der Waals surface area contributed by atoms with Gasteiger partial charge in [0.05, 0.1) is 5.56 Å². The standard InChI is InChI=1S/C11H11BrF4/c1-7(12)2-3-8-4-5-10(13)9(6-8)11(14,15)16/h4-7H,2-3H2,1H3. The zero-order valence-corrected chi connectivity index (χ0v) is 10.2. The Morgan fingerprint density at radius 1 is 1.31 bits per heavy atom. The first-order chi connectivity index (χ1) is 7.30. The van der Waals surface area contributed by atoms with E-state index in [2.05, 4.69) is 15.9 Å². The van der Waals surface area contributed by atoms with E-state index in [1.807, 2.05) is 6.92 Å². The van der Waals surface area contributed by atoms with Gasteiger partial charge in [-0.2, -0.15) is 13.2 Å². The van der Waals surface area contributed by atoms with Crippen LogP contribution in [0.4, 0.5) is 17.6 Å². The number of halogens is 5. The molecular formula is C11H11BrF4. The molecule has 0 heterocycles. The van der Waals surface area contributed by atoms with Crippen LogP contribution in [0, 0.1) is 5.82 Å². The Balaban J connectivity index is 2.90. The van der Waals surface area contributed by atoms with Gasteiger partial charge in [-0.1, -0.05) is 28.9 Å². The van der Waals surface area contributed by atoms with Crippen molar-refractivity contribution in [1.29, 1.82) is 0 Å². The Labute approximate surface area is 99.8 Å². The highest BCUT2D eigenvalue weighted by Crippen LogP contribution is 2.32. The van der Waals surface area contributed by atoms with Gasteiger partial charge in [0.1, 0.15) is 5.82 Å². The molecule has 0 aliphatic heterocycles. The van der Waals surface area contributed by atoms with Gasteiger partial charge in [-0.3, -0.25) is 0 Å². The van der Waals surface area contributed by atoms with Crippen LogP contribution < -0.4 is 0 Å². The fourth-order valence-corrected chi connectivity index (χ4v) is 1.54. The summed E-state index contributed by atoms with van der Waals surface area (Å²) in [5.74, 6) is -1.22. The third-order valence-corrected chi connectivity index (χ3v) is 2.62. The molecule has 5 heteroatoms. The Bertz CT molecular complexity index is 357. The van der Waals surface area contributed by atoms with Crippen molar-refractivity contribution in [2.75, 3.05) is 0 Å². The van der Waals surface area contributed by atoms with Crippen molar-refractivity contribution in [3.8, 4) is 0 Å². The summed E-state index contributed by atoms with van der Waals surface area (Å²) < 4.78 is 50.1. The van der Waals surface area contributed by atoms with E-state index in [9.17, 15) is 17.6 Å². The Morgan fingerprint density at radius 3 is 2.44 bits per heavy atom. The molecule has 0 saturated carbocycles. The lowest BCUT2D eigenvalue weighted by Gasteiger charge is -2.10. The zero-order chi connectivity index (χ0) is 12.3. The molecule has 90 valence electrons. The summed E-state index contributed by atoms with van der Waals surface area (Å²) in [6, 6.07) is 3.14. The van der Waals surface area contributed by atoms with Crippen LogP contribution in [0.5, 0.6) is 0 Å². The van der Waals surface area contributed by atoms with E-state index < -0.39 is 17.6 Å². The van der Waals surface area contributed by atoms with Crippen LogP contribution in [-0.4, -0.2) is 4.83 Å². The van der Waals surface area contributed by atoms with Crippen LogP contribution in [0.15, 0.2) is 18.2 Å². The third kappa shape index (κ3) is 3.77. The van der Waals surface area contributed by atoms with Crippen LogP contribution in [0.2, 0.25) is 0 Å². The van der Waals surface area contributed by atoms with Gasteiger partial charge in [0, 0.05) is 4.83 Å². The summed E-state index contributed by atoms with van der Waals surface area (Å²) >= 11 is 3.31. The van der Waals surface area contributed by atoms with Crippen molar-refractivity contribution in [2.24, 2.45) is 0 Å². The van der Waals surface area contributed by atoms with Crippen molar-refractivity contribution in [1.82, 2.24) is 0 Å². The number of alkyl halides is 4. The van der Waals surface area contributed by atoms with E-state index in [1.54, 1.807) is 0 Å². The molecule has 1 unspecified atom stereocenters. The van der Waals surface area contributed by atoms with E-state index >= 15 is 0 Å². The van der Waals surface area contributed by atoms with E-state index in [1.165, 1.54) is 6.07 Å². The Morgan fingerprint density at radius 2 is 1.94 bits per heavy atom. The van der Waals surface area contributed by atoms with Gasteiger partial charge in [-0.05, 0) is 30.5 Å².